The third-order valence-electron chi connectivity index (χ3n) is 2.83. The molecule has 1 unspecified atom stereocenters. The number of hydrogen-bond donors (Lipinski definition) is 2. The molecular formula is C10H13N3O3. The summed E-state index contributed by atoms with van der Waals surface area (Å²) >= 11 is 0. The van der Waals surface area contributed by atoms with Crippen LogP contribution in [0, 0.1) is 0 Å². The summed E-state index contributed by atoms with van der Waals surface area (Å²) in [7, 11) is 2.00. The normalized spacial score (nSPS) is 21.2. The van der Waals surface area contributed by atoms with E-state index < -0.39 is 11.5 Å². The first kappa shape index (κ1) is 10.8. The summed E-state index contributed by atoms with van der Waals surface area (Å²) in [6.07, 6.45) is 2.07. The van der Waals surface area contributed by atoms with Crippen LogP contribution >= 0.6 is 0 Å². The van der Waals surface area contributed by atoms with E-state index in [-0.39, 0.29) is 11.5 Å². The highest BCUT2D eigenvalue weighted by Crippen LogP contribution is 2.22. The molecule has 0 saturated carbocycles. The molecule has 6 nitrogen and oxygen atoms in total. The number of rotatable bonds is 2. The van der Waals surface area contributed by atoms with Crippen LogP contribution < -0.4 is 5.56 Å². The zero-order valence-corrected chi connectivity index (χ0v) is 8.93. The molecule has 1 aliphatic heterocycles. The molecule has 0 bridgehead atoms. The van der Waals surface area contributed by atoms with Crippen molar-refractivity contribution in [1.29, 1.82) is 0 Å². The smallest absolute Gasteiger partial charge is 0.342 e. The summed E-state index contributed by atoms with van der Waals surface area (Å²) in [5, 5.41) is 8.70. The summed E-state index contributed by atoms with van der Waals surface area (Å²) in [4.78, 5) is 30.8. The minimum atomic E-state index is -1.25. The summed E-state index contributed by atoms with van der Waals surface area (Å²) < 4.78 is 0. The summed E-state index contributed by atoms with van der Waals surface area (Å²) in [6.45, 7) is 1.81. The number of carboxylic acids is 1. The van der Waals surface area contributed by atoms with Crippen molar-refractivity contribution in [2.75, 3.05) is 20.1 Å². The Morgan fingerprint density at radius 2 is 2.44 bits per heavy atom. The van der Waals surface area contributed by atoms with Gasteiger partial charge in [0.2, 0.25) is 0 Å². The number of hydrogen-bond acceptors (Lipinski definition) is 4. The Kier molecular flexibility index (Phi) is 2.74. The highest BCUT2D eigenvalue weighted by molar-refractivity contribution is 5.86. The van der Waals surface area contributed by atoms with Gasteiger partial charge in [-0.05, 0) is 20.0 Å². The Morgan fingerprint density at radius 1 is 1.69 bits per heavy atom. The topological polar surface area (TPSA) is 86.3 Å². The lowest BCUT2D eigenvalue weighted by atomic mass is 10.1. The number of carboxylic acid groups (broad SMARTS) is 1. The lowest BCUT2D eigenvalue weighted by Crippen LogP contribution is -2.22. The van der Waals surface area contributed by atoms with Crippen molar-refractivity contribution in [3.8, 4) is 0 Å². The van der Waals surface area contributed by atoms with Gasteiger partial charge in [0.05, 0.1) is 0 Å². The number of carbonyl (C=O) groups is 1. The molecule has 1 saturated heterocycles. The third kappa shape index (κ3) is 1.96. The number of aromatic nitrogens is 2. The predicted octanol–water partition coefficient (Wildman–Crippen LogP) is -0.113. The minimum absolute atomic E-state index is 0.195. The van der Waals surface area contributed by atoms with Gasteiger partial charge in [0, 0.05) is 18.7 Å². The van der Waals surface area contributed by atoms with Gasteiger partial charge in [-0.2, -0.15) is 0 Å². The highest BCUT2D eigenvalue weighted by Gasteiger charge is 2.23. The van der Waals surface area contributed by atoms with Crippen molar-refractivity contribution in [3.05, 3.63) is 27.9 Å². The molecule has 16 heavy (non-hydrogen) atoms. The minimum Gasteiger partial charge on any atom is -0.477 e. The Hall–Kier alpha value is -1.69. The molecule has 0 aliphatic carbocycles. The zero-order chi connectivity index (χ0) is 11.7. The first-order chi connectivity index (χ1) is 7.58. The fourth-order valence-corrected chi connectivity index (χ4v) is 1.93. The second kappa shape index (κ2) is 4.05. The maximum Gasteiger partial charge on any atom is 0.342 e. The van der Waals surface area contributed by atoms with E-state index in [1.807, 2.05) is 7.05 Å². The van der Waals surface area contributed by atoms with Gasteiger partial charge in [-0.15, -0.1) is 0 Å². The number of nitrogens with zero attached hydrogens (tertiary/aromatic N) is 2. The Bertz CT molecular complexity index is 469. The van der Waals surface area contributed by atoms with Crippen LogP contribution in [0.5, 0.6) is 0 Å². The number of aromatic carboxylic acids is 1. The molecule has 2 heterocycles. The first-order valence-electron chi connectivity index (χ1n) is 5.09. The van der Waals surface area contributed by atoms with E-state index >= 15 is 0 Å². The molecule has 2 rings (SSSR count). The standard InChI is InChI=1S/C10H13N3O3/c1-13-3-2-6(5-13)8-11-4-7(10(15)16)9(14)12-8/h4,6H,2-3,5H2,1H3,(H,15,16)(H,11,12,14). The molecule has 1 aromatic rings. The van der Waals surface area contributed by atoms with E-state index in [0.717, 1.165) is 25.7 Å². The molecule has 6 heteroatoms. The van der Waals surface area contributed by atoms with Gasteiger partial charge < -0.3 is 15.0 Å². The van der Waals surface area contributed by atoms with Crippen molar-refractivity contribution < 1.29 is 9.90 Å². The van der Waals surface area contributed by atoms with Crippen LogP contribution in [0.1, 0.15) is 28.5 Å². The molecule has 1 aliphatic rings. The van der Waals surface area contributed by atoms with Crippen molar-refractivity contribution in [2.45, 2.75) is 12.3 Å². The molecule has 0 amide bonds. The van der Waals surface area contributed by atoms with E-state index in [2.05, 4.69) is 14.9 Å². The van der Waals surface area contributed by atoms with E-state index in [1.54, 1.807) is 0 Å². The number of likely N-dealkylation sites (N-methyl/N-ethyl adjacent to an activating group) is 1. The second-order valence-electron chi connectivity index (χ2n) is 4.06. The fourth-order valence-electron chi connectivity index (χ4n) is 1.93. The van der Waals surface area contributed by atoms with Crippen LogP contribution in [0.25, 0.3) is 0 Å². The van der Waals surface area contributed by atoms with Crippen LogP contribution in [-0.4, -0.2) is 46.1 Å². The summed E-state index contributed by atoms with van der Waals surface area (Å²) in [5.41, 5.74) is -0.887. The van der Waals surface area contributed by atoms with Gasteiger partial charge >= 0.3 is 5.97 Å². The number of H-pyrrole nitrogens is 1. The Balaban J connectivity index is 2.28. The van der Waals surface area contributed by atoms with Gasteiger partial charge in [-0.3, -0.25) is 4.79 Å². The van der Waals surface area contributed by atoms with E-state index in [9.17, 15) is 9.59 Å². The maximum absolute atomic E-state index is 11.4. The Morgan fingerprint density at radius 3 is 2.94 bits per heavy atom. The first-order valence-corrected chi connectivity index (χ1v) is 5.09. The molecule has 1 fully saturated rings. The summed E-state index contributed by atoms with van der Waals surface area (Å²) in [5.74, 6) is -0.469. The molecule has 86 valence electrons. The van der Waals surface area contributed by atoms with Gasteiger partial charge in [0.15, 0.2) is 0 Å². The van der Waals surface area contributed by atoms with Crippen molar-refractivity contribution in [2.24, 2.45) is 0 Å². The Labute approximate surface area is 91.9 Å². The number of nitrogens with one attached hydrogen (secondary N) is 1. The van der Waals surface area contributed by atoms with Gasteiger partial charge in [-0.1, -0.05) is 0 Å². The van der Waals surface area contributed by atoms with Crippen LogP contribution in [0.3, 0.4) is 0 Å². The average molecular weight is 223 g/mol. The predicted molar refractivity (Wildman–Crippen MR) is 56.7 cm³/mol. The molecule has 1 atom stereocenters. The molecule has 0 radical (unpaired) electrons. The van der Waals surface area contributed by atoms with E-state index in [0.29, 0.717) is 5.82 Å². The third-order valence-corrected chi connectivity index (χ3v) is 2.83. The molecule has 2 N–H and O–H groups in total. The van der Waals surface area contributed by atoms with Crippen LogP contribution in [-0.2, 0) is 0 Å². The number of likely N-dealkylation sites (tertiary alicyclic amines) is 1. The van der Waals surface area contributed by atoms with Crippen molar-refractivity contribution >= 4 is 5.97 Å². The van der Waals surface area contributed by atoms with Gasteiger partial charge in [0.25, 0.3) is 5.56 Å². The quantitative estimate of drug-likeness (QED) is 0.730. The average Bonchev–Trinajstić information content (AvgIpc) is 2.64. The molecular weight excluding hydrogens is 210 g/mol. The van der Waals surface area contributed by atoms with Crippen LogP contribution in [0.2, 0.25) is 0 Å². The lowest BCUT2D eigenvalue weighted by molar-refractivity contribution is 0.0694. The van der Waals surface area contributed by atoms with Gasteiger partial charge in [0.1, 0.15) is 11.4 Å². The molecule has 0 spiro atoms. The zero-order valence-electron chi connectivity index (χ0n) is 8.93. The van der Waals surface area contributed by atoms with Crippen molar-refractivity contribution in [1.82, 2.24) is 14.9 Å². The van der Waals surface area contributed by atoms with E-state index in [1.165, 1.54) is 0 Å². The summed E-state index contributed by atoms with van der Waals surface area (Å²) in [6, 6.07) is 0. The van der Waals surface area contributed by atoms with E-state index in [4.69, 9.17) is 5.11 Å². The lowest BCUT2D eigenvalue weighted by Gasteiger charge is -2.09. The SMILES string of the molecule is CN1CCC(c2ncc(C(=O)O)c(=O)[nH]2)C1. The maximum atomic E-state index is 11.4. The second-order valence-corrected chi connectivity index (χ2v) is 4.06. The largest absolute Gasteiger partial charge is 0.477 e. The van der Waals surface area contributed by atoms with Gasteiger partial charge in [-0.25, -0.2) is 9.78 Å². The van der Waals surface area contributed by atoms with Crippen LogP contribution in [0.15, 0.2) is 11.0 Å². The fraction of sp³-hybridized carbons (Fsp3) is 0.500. The number of aromatic amines is 1. The monoisotopic (exact) mass is 223 g/mol. The molecule has 1 aromatic heterocycles. The highest BCUT2D eigenvalue weighted by atomic mass is 16.4. The van der Waals surface area contributed by atoms with Crippen molar-refractivity contribution in [3.63, 3.8) is 0 Å². The van der Waals surface area contributed by atoms with Crippen LogP contribution in [0.4, 0.5) is 0 Å². The molecule has 0 aromatic carbocycles.